The first-order valence-electron chi connectivity index (χ1n) is 6.92. The number of H-pyrrole nitrogens is 1. The van der Waals surface area contributed by atoms with Gasteiger partial charge in [0.05, 0.1) is 13.2 Å². The standard InChI is InChI=1S/C18H18NO/c1-2-7-15(8-3-1)14-20-12-6-10-17-13-16-9-4-5-11-18(16)19-17/h1-9,11,13,19H,10,12,14H2. The lowest BCUT2D eigenvalue weighted by atomic mass is 10.2. The first-order chi connectivity index (χ1) is 9.92. The van der Waals surface area contributed by atoms with Crippen LogP contribution in [0.2, 0.25) is 0 Å². The summed E-state index contributed by atoms with van der Waals surface area (Å²) >= 11 is 0. The Morgan fingerprint density at radius 3 is 2.60 bits per heavy atom. The van der Waals surface area contributed by atoms with Crippen LogP contribution in [0.1, 0.15) is 11.3 Å². The molecule has 2 nitrogen and oxygen atoms in total. The van der Waals surface area contributed by atoms with E-state index in [1.807, 2.05) is 18.2 Å². The van der Waals surface area contributed by atoms with Gasteiger partial charge in [-0.3, -0.25) is 0 Å². The van der Waals surface area contributed by atoms with E-state index >= 15 is 0 Å². The van der Waals surface area contributed by atoms with E-state index in [-0.39, 0.29) is 0 Å². The molecule has 0 amide bonds. The van der Waals surface area contributed by atoms with Gasteiger partial charge >= 0.3 is 0 Å². The predicted molar refractivity (Wildman–Crippen MR) is 82.4 cm³/mol. The number of hydrogen-bond acceptors (Lipinski definition) is 1. The number of hydrogen-bond donors (Lipinski definition) is 1. The molecule has 3 rings (SSSR count). The molecule has 1 heterocycles. The van der Waals surface area contributed by atoms with Gasteiger partial charge in [-0.15, -0.1) is 0 Å². The van der Waals surface area contributed by atoms with Gasteiger partial charge in [0.2, 0.25) is 0 Å². The van der Waals surface area contributed by atoms with Crippen LogP contribution in [-0.2, 0) is 17.8 Å². The molecule has 0 saturated carbocycles. The quantitative estimate of drug-likeness (QED) is 0.665. The van der Waals surface area contributed by atoms with Crippen molar-refractivity contribution in [3.63, 3.8) is 0 Å². The van der Waals surface area contributed by atoms with Gasteiger partial charge in [0.15, 0.2) is 0 Å². The highest BCUT2D eigenvalue weighted by Gasteiger charge is 2.00. The molecule has 0 unspecified atom stereocenters. The molecule has 0 aliphatic carbocycles. The lowest BCUT2D eigenvalue weighted by Crippen LogP contribution is -1.98. The molecule has 0 bridgehead atoms. The Balaban J connectivity index is 1.43. The van der Waals surface area contributed by atoms with Crippen LogP contribution in [0.4, 0.5) is 0 Å². The third-order valence-corrected chi connectivity index (χ3v) is 3.30. The van der Waals surface area contributed by atoms with Gasteiger partial charge in [0.1, 0.15) is 0 Å². The van der Waals surface area contributed by atoms with Crippen molar-refractivity contribution in [1.82, 2.24) is 4.98 Å². The first-order valence-corrected chi connectivity index (χ1v) is 6.92. The van der Waals surface area contributed by atoms with Crippen molar-refractivity contribution in [1.29, 1.82) is 0 Å². The Bertz CT molecular complexity index is 624. The van der Waals surface area contributed by atoms with Crippen LogP contribution in [0.3, 0.4) is 0 Å². The van der Waals surface area contributed by atoms with Crippen LogP contribution >= 0.6 is 0 Å². The normalized spacial score (nSPS) is 11.0. The van der Waals surface area contributed by atoms with Crippen molar-refractivity contribution in [2.24, 2.45) is 0 Å². The molecule has 1 aromatic heterocycles. The first kappa shape index (κ1) is 12.9. The summed E-state index contributed by atoms with van der Waals surface area (Å²) in [6.45, 7) is 1.34. The molecule has 2 aromatic carbocycles. The number of ether oxygens (including phenoxy) is 1. The van der Waals surface area contributed by atoms with Crippen LogP contribution in [0.25, 0.3) is 10.9 Å². The number of para-hydroxylation sites is 1. The molecule has 1 radical (unpaired) electrons. The maximum atomic E-state index is 5.65. The second-order valence-electron chi connectivity index (χ2n) is 4.88. The van der Waals surface area contributed by atoms with E-state index in [0.29, 0.717) is 13.2 Å². The zero-order valence-electron chi connectivity index (χ0n) is 11.4. The lowest BCUT2D eigenvalue weighted by molar-refractivity contribution is 0.139. The van der Waals surface area contributed by atoms with Crippen LogP contribution in [0.15, 0.2) is 60.7 Å². The number of benzene rings is 2. The average molecular weight is 264 g/mol. The summed E-state index contributed by atoms with van der Waals surface area (Å²) in [6.07, 6.45) is 3.07. The summed E-state index contributed by atoms with van der Waals surface area (Å²) < 4.78 is 5.65. The fourth-order valence-corrected chi connectivity index (χ4v) is 2.29. The molecule has 1 N–H and O–H groups in total. The number of fused-ring (bicyclic) bond motifs is 1. The Morgan fingerprint density at radius 2 is 1.75 bits per heavy atom. The average Bonchev–Trinajstić information content (AvgIpc) is 2.90. The van der Waals surface area contributed by atoms with Gasteiger partial charge in [0, 0.05) is 11.2 Å². The third kappa shape index (κ3) is 3.28. The smallest absolute Gasteiger partial charge is 0.0717 e. The molecule has 0 aliphatic heterocycles. The van der Waals surface area contributed by atoms with Gasteiger partial charge in [-0.05, 0) is 35.9 Å². The summed E-state index contributed by atoms with van der Waals surface area (Å²) in [5.41, 5.74) is 3.64. The number of aromatic amines is 1. The summed E-state index contributed by atoms with van der Waals surface area (Å²) in [6, 6.07) is 20.8. The lowest BCUT2D eigenvalue weighted by Gasteiger charge is -2.03. The summed E-state index contributed by atoms with van der Waals surface area (Å²) in [7, 11) is 0. The van der Waals surface area contributed by atoms with Crippen molar-refractivity contribution in [2.45, 2.75) is 13.0 Å². The molecule has 20 heavy (non-hydrogen) atoms. The Labute approximate surface area is 119 Å². The molecule has 2 heteroatoms. The molecule has 0 fully saturated rings. The van der Waals surface area contributed by atoms with Crippen molar-refractivity contribution < 1.29 is 4.74 Å². The number of aromatic nitrogens is 1. The summed E-state index contributed by atoms with van der Waals surface area (Å²) in [5.74, 6) is 0. The topological polar surface area (TPSA) is 25.0 Å². The highest BCUT2D eigenvalue weighted by Crippen LogP contribution is 2.15. The highest BCUT2D eigenvalue weighted by molar-refractivity contribution is 5.80. The van der Waals surface area contributed by atoms with Crippen molar-refractivity contribution in [3.8, 4) is 0 Å². The van der Waals surface area contributed by atoms with Crippen molar-refractivity contribution in [2.75, 3.05) is 6.61 Å². The van der Waals surface area contributed by atoms with Crippen LogP contribution < -0.4 is 0 Å². The fourth-order valence-electron chi connectivity index (χ4n) is 2.29. The van der Waals surface area contributed by atoms with E-state index in [1.165, 1.54) is 22.2 Å². The monoisotopic (exact) mass is 264 g/mol. The van der Waals surface area contributed by atoms with E-state index in [9.17, 15) is 0 Å². The van der Waals surface area contributed by atoms with Gasteiger partial charge in [-0.25, -0.2) is 0 Å². The Morgan fingerprint density at radius 1 is 0.950 bits per heavy atom. The second kappa shape index (κ2) is 6.40. The minimum absolute atomic E-state index is 0.671. The van der Waals surface area contributed by atoms with Gasteiger partial charge in [-0.2, -0.15) is 0 Å². The minimum atomic E-state index is 0.671. The molecule has 0 aliphatic rings. The predicted octanol–water partition coefficient (Wildman–Crippen LogP) is 4.13. The minimum Gasteiger partial charge on any atom is -0.376 e. The molecule has 0 spiro atoms. The zero-order chi connectivity index (χ0) is 13.6. The number of nitrogens with one attached hydrogen (secondary N) is 1. The maximum absolute atomic E-state index is 5.65. The fraction of sp³-hybridized carbons (Fsp3) is 0.167. The highest BCUT2D eigenvalue weighted by atomic mass is 16.5. The third-order valence-electron chi connectivity index (χ3n) is 3.30. The van der Waals surface area contributed by atoms with Crippen LogP contribution in [0.5, 0.6) is 0 Å². The van der Waals surface area contributed by atoms with Gasteiger partial charge in [0.25, 0.3) is 0 Å². The van der Waals surface area contributed by atoms with E-state index in [2.05, 4.69) is 53.9 Å². The largest absolute Gasteiger partial charge is 0.376 e. The van der Waals surface area contributed by atoms with Gasteiger partial charge in [-0.1, -0.05) is 48.5 Å². The van der Waals surface area contributed by atoms with Crippen LogP contribution in [-0.4, -0.2) is 11.6 Å². The second-order valence-corrected chi connectivity index (χ2v) is 4.88. The van der Waals surface area contributed by atoms with E-state index in [1.54, 1.807) is 0 Å². The number of rotatable bonds is 6. The van der Waals surface area contributed by atoms with Crippen molar-refractivity contribution in [3.05, 3.63) is 78.3 Å². The van der Waals surface area contributed by atoms with E-state index in [4.69, 9.17) is 4.74 Å². The maximum Gasteiger partial charge on any atom is 0.0717 e. The zero-order valence-corrected chi connectivity index (χ0v) is 11.4. The van der Waals surface area contributed by atoms with E-state index < -0.39 is 0 Å². The Hall–Kier alpha value is -2.06. The SMILES string of the molecule is [CH](COCc1ccccc1)Cc1cc2ccccc2[nH]1. The van der Waals surface area contributed by atoms with E-state index in [0.717, 1.165) is 6.42 Å². The molecular formula is C18H18NO. The molecule has 0 saturated heterocycles. The molecule has 101 valence electrons. The Kier molecular flexibility index (Phi) is 4.14. The summed E-state index contributed by atoms with van der Waals surface area (Å²) in [4.78, 5) is 3.42. The molecule has 0 atom stereocenters. The summed E-state index contributed by atoms with van der Waals surface area (Å²) in [5, 5.41) is 1.26. The molecular weight excluding hydrogens is 246 g/mol. The van der Waals surface area contributed by atoms with Gasteiger partial charge < -0.3 is 9.72 Å². The van der Waals surface area contributed by atoms with Crippen LogP contribution in [0, 0.1) is 6.42 Å². The molecule has 3 aromatic rings. The van der Waals surface area contributed by atoms with Crippen molar-refractivity contribution >= 4 is 10.9 Å².